The Morgan fingerprint density at radius 1 is 1.20 bits per heavy atom. The molecule has 0 saturated heterocycles. The number of sulfonamides is 1. The quantitative estimate of drug-likeness (QED) is 0.802. The average molecular weight is 365 g/mol. The predicted molar refractivity (Wildman–Crippen MR) is 91.4 cm³/mol. The van der Waals surface area contributed by atoms with Gasteiger partial charge in [0.15, 0.2) is 0 Å². The number of methoxy groups -OCH3 is 1. The van der Waals surface area contributed by atoms with Crippen LogP contribution in [0, 0.1) is 11.8 Å². The molecule has 1 heterocycles. The second-order valence-corrected chi connectivity index (χ2v) is 9.53. The summed E-state index contributed by atoms with van der Waals surface area (Å²) in [4.78, 5) is 21.0. The highest BCUT2D eigenvalue weighted by Gasteiger charge is 2.54. The van der Waals surface area contributed by atoms with E-state index >= 15 is 0 Å². The molecule has 25 heavy (non-hydrogen) atoms. The van der Waals surface area contributed by atoms with Crippen molar-refractivity contribution in [2.45, 2.75) is 55.6 Å². The van der Waals surface area contributed by atoms with Gasteiger partial charge in [0.2, 0.25) is 10.0 Å². The lowest BCUT2D eigenvalue weighted by atomic mass is 9.80. The number of carbonyl (C=O) groups excluding carboxylic acids is 1. The van der Waals surface area contributed by atoms with Gasteiger partial charge in [0.1, 0.15) is 17.6 Å². The van der Waals surface area contributed by atoms with Crippen molar-refractivity contribution in [2.24, 2.45) is 11.8 Å². The second kappa shape index (κ2) is 5.93. The van der Waals surface area contributed by atoms with Gasteiger partial charge in [-0.3, -0.25) is 9.52 Å². The summed E-state index contributed by atoms with van der Waals surface area (Å²) >= 11 is 0. The van der Waals surface area contributed by atoms with Crippen LogP contribution < -0.4 is 4.72 Å². The Bertz CT molecular complexity index is 779. The molecule has 0 aliphatic heterocycles. The number of carbonyl (C=O) groups is 1. The van der Waals surface area contributed by atoms with Crippen LogP contribution >= 0.6 is 0 Å². The molecule has 3 aliphatic rings. The maximum atomic E-state index is 12.7. The molecule has 1 N–H and O–H groups in total. The first-order valence-corrected chi connectivity index (χ1v) is 10.4. The Balaban J connectivity index is 1.66. The van der Waals surface area contributed by atoms with Gasteiger partial charge in [0.05, 0.1) is 18.1 Å². The fraction of sp³-hybridized carbons (Fsp3) is 0.706. The molecular formula is C17H23N3O4S. The Labute approximate surface area is 147 Å². The predicted octanol–water partition coefficient (Wildman–Crippen LogP) is 2.00. The van der Waals surface area contributed by atoms with Gasteiger partial charge in [0.25, 0.3) is 0 Å². The molecule has 7 nitrogen and oxygen atoms in total. The third-order valence-electron chi connectivity index (χ3n) is 5.98. The minimum Gasteiger partial charge on any atom is -0.468 e. The zero-order valence-corrected chi connectivity index (χ0v) is 15.1. The van der Waals surface area contributed by atoms with Crippen molar-refractivity contribution < 1.29 is 17.9 Å². The Morgan fingerprint density at radius 3 is 2.48 bits per heavy atom. The summed E-state index contributed by atoms with van der Waals surface area (Å²) in [6, 6.07) is 1.61. The van der Waals surface area contributed by atoms with E-state index in [2.05, 4.69) is 14.7 Å². The molecule has 2 unspecified atom stereocenters. The first kappa shape index (κ1) is 16.8. The molecule has 1 aromatic heterocycles. The van der Waals surface area contributed by atoms with Crippen LogP contribution in [0.1, 0.15) is 50.6 Å². The van der Waals surface area contributed by atoms with Gasteiger partial charge in [-0.15, -0.1) is 0 Å². The fourth-order valence-corrected chi connectivity index (χ4v) is 5.91. The van der Waals surface area contributed by atoms with E-state index in [9.17, 15) is 13.2 Å². The number of esters is 1. The molecule has 136 valence electrons. The molecule has 3 fully saturated rings. The van der Waals surface area contributed by atoms with E-state index in [0.29, 0.717) is 30.4 Å². The van der Waals surface area contributed by atoms with E-state index in [1.54, 1.807) is 6.07 Å². The van der Waals surface area contributed by atoms with Crippen molar-refractivity contribution in [1.82, 2.24) is 9.97 Å². The van der Waals surface area contributed by atoms with Gasteiger partial charge in [-0.1, -0.05) is 19.3 Å². The second-order valence-electron chi connectivity index (χ2n) is 7.57. The summed E-state index contributed by atoms with van der Waals surface area (Å²) in [5, 5.41) is -0.327. The highest BCUT2D eigenvalue weighted by molar-refractivity contribution is 7.93. The van der Waals surface area contributed by atoms with E-state index in [-0.39, 0.29) is 17.0 Å². The summed E-state index contributed by atoms with van der Waals surface area (Å²) in [6.07, 6.45) is 7.62. The summed E-state index contributed by atoms with van der Waals surface area (Å²) < 4.78 is 32.0. The summed E-state index contributed by atoms with van der Waals surface area (Å²) in [7, 11) is -2.00. The highest BCUT2D eigenvalue weighted by Crippen LogP contribution is 2.54. The molecule has 4 rings (SSSR count). The van der Waals surface area contributed by atoms with Gasteiger partial charge in [-0.05, 0) is 37.5 Å². The molecule has 3 aliphatic carbocycles. The topological polar surface area (TPSA) is 98.2 Å². The van der Waals surface area contributed by atoms with E-state index < -0.39 is 15.4 Å². The van der Waals surface area contributed by atoms with E-state index in [1.807, 2.05) is 0 Å². The highest BCUT2D eigenvalue weighted by atomic mass is 32.2. The molecule has 2 atom stereocenters. The SMILES string of the molecule is COC(=O)C1(c2cc(NS(=O)(=O)C3CC3)ncn2)CC2CCCC2C1. The minimum absolute atomic E-state index is 0.234. The van der Waals surface area contributed by atoms with Crippen molar-refractivity contribution in [1.29, 1.82) is 0 Å². The summed E-state index contributed by atoms with van der Waals surface area (Å²) in [6.45, 7) is 0. The Kier molecular flexibility index (Phi) is 3.97. The maximum Gasteiger partial charge on any atom is 0.317 e. The number of rotatable bonds is 5. The van der Waals surface area contributed by atoms with Gasteiger partial charge >= 0.3 is 5.97 Å². The average Bonchev–Trinajstić information content (AvgIpc) is 3.26. The molecule has 0 bridgehead atoms. The molecule has 1 aromatic rings. The van der Waals surface area contributed by atoms with Crippen LogP contribution in [0.15, 0.2) is 12.4 Å². The largest absolute Gasteiger partial charge is 0.468 e. The molecular weight excluding hydrogens is 342 g/mol. The van der Waals surface area contributed by atoms with Crippen molar-refractivity contribution in [3.63, 3.8) is 0 Å². The molecule has 0 radical (unpaired) electrons. The molecule has 3 saturated carbocycles. The number of anilines is 1. The van der Waals surface area contributed by atoms with Crippen LogP contribution in [0.4, 0.5) is 5.82 Å². The number of hydrogen-bond acceptors (Lipinski definition) is 6. The fourth-order valence-electron chi connectivity index (χ4n) is 4.59. The van der Waals surface area contributed by atoms with E-state index in [4.69, 9.17) is 4.74 Å². The maximum absolute atomic E-state index is 12.7. The van der Waals surface area contributed by atoms with Crippen molar-refractivity contribution in [3.8, 4) is 0 Å². The normalized spacial score (nSPS) is 31.6. The van der Waals surface area contributed by atoms with Crippen LogP contribution in [0.5, 0.6) is 0 Å². The standard InChI is InChI=1S/C17H23N3O4S/c1-24-16(21)17(8-11-3-2-4-12(11)9-17)14-7-15(19-10-18-14)20-25(22,23)13-5-6-13/h7,10-13H,2-6,8-9H2,1H3,(H,18,19,20). The molecule has 0 spiro atoms. The van der Waals surface area contributed by atoms with Gasteiger partial charge in [-0.25, -0.2) is 18.4 Å². The van der Waals surface area contributed by atoms with Gasteiger partial charge in [0, 0.05) is 6.07 Å². The zero-order valence-electron chi connectivity index (χ0n) is 14.3. The molecule has 0 amide bonds. The van der Waals surface area contributed by atoms with Gasteiger partial charge in [-0.2, -0.15) is 0 Å². The zero-order chi connectivity index (χ0) is 17.7. The van der Waals surface area contributed by atoms with Crippen LogP contribution in [-0.2, 0) is 25.0 Å². The van der Waals surface area contributed by atoms with Crippen LogP contribution in [-0.4, -0.2) is 36.7 Å². The Morgan fingerprint density at radius 2 is 1.88 bits per heavy atom. The minimum atomic E-state index is -3.40. The molecule has 0 aromatic carbocycles. The summed E-state index contributed by atoms with van der Waals surface area (Å²) in [5.41, 5.74) is -0.218. The first-order valence-electron chi connectivity index (χ1n) is 8.87. The third kappa shape index (κ3) is 2.90. The van der Waals surface area contributed by atoms with E-state index in [1.165, 1.54) is 19.9 Å². The van der Waals surface area contributed by atoms with Gasteiger partial charge < -0.3 is 4.74 Å². The number of nitrogens with one attached hydrogen (secondary N) is 1. The van der Waals surface area contributed by atoms with Crippen molar-refractivity contribution in [2.75, 3.05) is 11.8 Å². The lowest BCUT2D eigenvalue weighted by molar-refractivity contribution is -0.147. The Hall–Kier alpha value is -1.70. The summed E-state index contributed by atoms with van der Waals surface area (Å²) in [5.74, 6) is 0.982. The van der Waals surface area contributed by atoms with Crippen LogP contribution in [0.2, 0.25) is 0 Å². The number of fused-ring (bicyclic) bond motifs is 1. The smallest absolute Gasteiger partial charge is 0.317 e. The number of nitrogens with zero attached hydrogens (tertiary/aromatic N) is 2. The van der Waals surface area contributed by atoms with E-state index in [0.717, 1.165) is 25.7 Å². The lowest BCUT2D eigenvalue weighted by Crippen LogP contribution is -2.36. The number of aromatic nitrogens is 2. The van der Waals surface area contributed by atoms with Crippen molar-refractivity contribution in [3.05, 3.63) is 18.1 Å². The van der Waals surface area contributed by atoms with Crippen molar-refractivity contribution >= 4 is 21.8 Å². The van der Waals surface area contributed by atoms with Crippen LogP contribution in [0.25, 0.3) is 0 Å². The lowest BCUT2D eigenvalue weighted by Gasteiger charge is -2.26. The van der Waals surface area contributed by atoms with Crippen LogP contribution in [0.3, 0.4) is 0 Å². The first-order chi connectivity index (χ1) is 11.9. The number of hydrogen-bond donors (Lipinski definition) is 1. The third-order valence-corrected chi connectivity index (χ3v) is 7.82. The molecule has 8 heteroatoms. The monoisotopic (exact) mass is 365 g/mol. The number of ether oxygens (including phenoxy) is 1.